The number of aromatic nitrogens is 1. The second kappa shape index (κ2) is 9.59. The number of amides is 1. The number of hydrogen-bond donors (Lipinski definition) is 2. The summed E-state index contributed by atoms with van der Waals surface area (Å²) >= 11 is 11.7. The van der Waals surface area contributed by atoms with Crippen LogP contribution < -0.4 is 10.6 Å². The van der Waals surface area contributed by atoms with E-state index in [4.69, 9.17) is 28.0 Å². The third kappa shape index (κ3) is 5.91. The molecule has 2 N–H and O–H groups in total. The van der Waals surface area contributed by atoms with Gasteiger partial charge in [-0.05, 0) is 37.3 Å². The molecule has 1 aliphatic heterocycles. The smallest absolute Gasteiger partial charge is 0.374 e. The molecule has 0 saturated heterocycles. The summed E-state index contributed by atoms with van der Waals surface area (Å²) in [7, 11) is 0. The van der Waals surface area contributed by atoms with E-state index in [1.165, 1.54) is 25.1 Å². The number of rotatable bonds is 6. The molecule has 3 rings (SSSR count). The first-order valence-corrected chi connectivity index (χ1v) is 10.3. The Morgan fingerprint density at radius 1 is 1.15 bits per heavy atom. The van der Waals surface area contributed by atoms with Crippen LogP contribution in [0.5, 0.6) is 0 Å². The summed E-state index contributed by atoms with van der Waals surface area (Å²) in [5.41, 5.74) is -3.26. The summed E-state index contributed by atoms with van der Waals surface area (Å²) < 4.78 is 78.9. The molecule has 2 unspecified atom stereocenters. The van der Waals surface area contributed by atoms with E-state index in [-0.39, 0.29) is 32.6 Å². The van der Waals surface area contributed by atoms with Gasteiger partial charge in [0.25, 0.3) is 11.5 Å². The molecule has 1 amide bonds. The van der Waals surface area contributed by atoms with Crippen molar-refractivity contribution in [2.45, 2.75) is 37.5 Å². The fraction of sp³-hybridized carbons (Fsp3) is 0.350. The number of hydrogen-bond acceptors (Lipinski definition) is 5. The van der Waals surface area contributed by atoms with Crippen LogP contribution in [0.15, 0.2) is 41.7 Å². The van der Waals surface area contributed by atoms with Gasteiger partial charge in [-0.3, -0.25) is 15.1 Å². The molecule has 14 heteroatoms. The van der Waals surface area contributed by atoms with E-state index in [1.54, 1.807) is 0 Å². The van der Waals surface area contributed by atoms with Gasteiger partial charge < -0.3 is 10.2 Å². The maximum atomic E-state index is 14.1. The molecule has 0 bridgehead atoms. The predicted molar refractivity (Wildman–Crippen MR) is 112 cm³/mol. The Morgan fingerprint density at radius 3 is 2.32 bits per heavy atom. The first kappa shape index (κ1) is 26.0. The number of carbonyl (C=O) groups is 1. The van der Waals surface area contributed by atoms with Crippen LogP contribution in [-0.4, -0.2) is 41.7 Å². The molecule has 2 heterocycles. The standard InChI is InChI=1S/C20H16Cl2F6N4O2/c1-10(30-9-19(23,24)25)31-17(33)15-3-2-11(8-29-15)16-7-18(34-32-16,20(26,27)28)12-4-13(21)6-14(22)5-12/h2-6,8,10,30H,7,9H2,1H3,(H,31,33). The summed E-state index contributed by atoms with van der Waals surface area (Å²) in [6, 6.07) is 5.95. The van der Waals surface area contributed by atoms with Gasteiger partial charge in [-0.15, -0.1) is 0 Å². The van der Waals surface area contributed by atoms with Gasteiger partial charge in [-0.2, -0.15) is 26.3 Å². The van der Waals surface area contributed by atoms with Crippen LogP contribution in [0.25, 0.3) is 0 Å². The fourth-order valence-corrected chi connectivity index (χ4v) is 3.66. The van der Waals surface area contributed by atoms with Gasteiger partial charge in [0.05, 0.1) is 24.8 Å². The zero-order valence-corrected chi connectivity index (χ0v) is 18.7. The summed E-state index contributed by atoms with van der Waals surface area (Å²) in [5.74, 6) is -0.781. The Labute approximate surface area is 199 Å². The monoisotopic (exact) mass is 528 g/mol. The van der Waals surface area contributed by atoms with E-state index >= 15 is 0 Å². The van der Waals surface area contributed by atoms with Gasteiger partial charge >= 0.3 is 12.4 Å². The van der Waals surface area contributed by atoms with Crippen molar-refractivity contribution in [3.63, 3.8) is 0 Å². The van der Waals surface area contributed by atoms with Gasteiger partial charge in [0, 0.05) is 27.4 Å². The summed E-state index contributed by atoms with van der Waals surface area (Å²) in [6.07, 6.45) is -9.94. The highest BCUT2D eigenvalue weighted by Crippen LogP contribution is 2.49. The van der Waals surface area contributed by atoms with Crippen LogP contribution in [0.4, 0.5) is 26.3 Å². The number of oxime groups is 1. The van der Waals surface area contributed by atoms with Crippen molar-refractivity contribution < 1.29 is 36.0 Å². The molecule has 2 aromatic rings. The molecule has 0 aliphatic carbocycles. The second-order valence-electron chi connectivity index (χ2n) is 7.41. The number of pyridine rings is 1. The Bertz CT molecular complexity index is 1070. The number of halogens is 8. The molecule has 0 saturated carbocycles. The van der Waals surface area contributed by atoms with Crippen LogP contribution >= 0.6 is 23.2 Å². The Morgan fingerprint density at radius 2 is 1.79 bits per heavy atom. The summed E-state index contributed by atoms with van der Waals surface area (Å²) in [5, 5.41) is 7.92. The van der Waals surface area contributed by atoms with Gasteiger partial charge in [-0.25, -0.2) is 0 Å². The third-order valence-corrected chi connectivity index (χ3v) is 5.24. The van der Waals surface area contributed by atoms with Crippen molar-refractivity contribution in [3.05, 3.63) is 63.4 Å². The molecular formula is C20H16Cl2F6N4O2. The number of carbonyl (C=O) groups excluding carboxylic acids is 1. The maximum Gasteiger partial charge on any atom is 0.435 e. The lowest BCUT2D eigenvalue weighted by molar-refractivity contribution is -0.275. The zero-order valence-electron chi connectivity index (χ0n) is 17.2. The van der Waals surface area contributed by atoms with Crippen LogP contribution in [0, 0.1) is 0 Å². The van der Waals surface area contributed by atoms with Crippen LogP contribution in [0.2, 0.25) is 10.0 Å². The Hall–Kier alpha value is -2.57. The molecule has 34 heavy (non-hydrogen) atoms. The number of nitrogens with one attached hydrogen (secondary N) is 2. The topological polar surface area (TPSA) is 75.6 Å². The molecule has 1 aliphatic rings. The predicted octanol–water partition coefficient (Wildman–Crippen LogP) is 5.20. The van der Waals surface area contributed by atoms with E-state index in [2.05, 4.69) is 20.8 Å². The van der Waals surface area contributed by atoms with Crippen LogP contribution in [-0.2, 0) is 10.4 Å². The Kier molecular flexibility index (Phi) is 7.34. The third-order valence-electron chi connectivity index (χ3n) is 4.80. The highest BCUT2D eigenvalue weighted by molar-refractivity contribution is 6.34. The first-order valence-electron chi connectivity index (χ1n) is 9.56. The second-order valence-corrected chi connectivity index (χ2v) is 8.29. The van der Waals surface area contributed by atoms with Crippen molar-refractivity contribution in [2.24, 2.45) is 5.16 Å². The molecular weight excluding hydrogens is 513 g/mol. The molecule has 0 radical (unpaired) electrons. The van der Waals surface area contributed by atoms with Gasteiger partial charge in [-0.1, -0.05) is 28.4 Å². The number of nitrogens with zero attached hydrogens (tertiary/aromatic N) is 2. The van der Waals surface area contributed by atoms with E-state index in [1.807, 2.05) is 0 Å². The van der Waals surface area contributed by atoms with E-state index in [0.29, 0.717) is 0 Å². The molecule has 0 fully saturated rings. The zero-order chi connectivity index (χ0) is 25.3. The summed E-state index contributed by atoms with van der Waals surface area (Å²) in [6.45, 7) is 0.000850. The van der Waals surface area contributed by atoms with E-state index in [0.717, 1.165) is 18.3 Å². The van der Waals surface area contributed by atoms with Crippen molar-refractivity contribution >= 4 is 34.8 Å². The quantitative estimate of drug-likeness (QED) is 0.399. The highest BCUT2D eigenvalue weighted by atomic mass is 35.5. The molecule has 1 aromatic heterocycles. The molecule has 1 aromatic carbocycles. The van der Waals surface area contributed by atoms with Crippen LogP contribution in [0.3, 0.4) is 0 Å². The summed E-state index contributed by atoms with van der Waals surface area (Å²) in [4.78, 5) is 20.9. The highest BCUT2D eigenvalue weighted by Gasteiger charge is 2.62. The van der Waals surface area contributed by atoms with Gasteiger partial charge in [0.1, 0.15) is 5.69 Å². The van der Waals surface area contributed by atoms with Gasteiger partial charge in [0.15, 0.2) is 0 Å². The lowest BCUT2D eigenvalue weighted by Crippen LogP contribution is -2.46. The lowest BCUT2D eigenvalue weighted by atomic mass is 9.87. The van der Waals surface area contributed by atoms with Crippen molar-refractivity contribution in [3.8, 4) is 0 Å². The number of alkyl halides is 6. The molecule has 0 spiro atoms. The van der Waals surface area contributed by atoms with Gasteiger partial charge in [0.2, 0.25) is 0 Å². The minimum atomic E-state index is -4.88. The SMILES string of the molecule is CC(NCC(F)(F)F)NC(=O)c1ccc(C2=NOC(c3cc(Cl)cc(Cl)c3)(C(F)(F)F)C2)cn1. The molecule has 184 valence electrons. The lowest BCUT2D eigenvalue weighted by Gasteiger charge is -2.29. The van der Waals surface area contributed by atoms with Crippen molar-refractivity contribution in [1.29, 1.82) is 0 Å². The van der Waals surface area contributed by atoms with Crippen molar-refractivity contribution in [1.82, 2.24) is 15.6 Å². The van der Waals surface area contributed by atoms with E-state index < -0.39 is 43.0 Å². The average Bonchev–Trinajstić information content (AvgIpc) is 3.18. The van der Waals surface area contributed by atoms with E-state index in [9.17, 15) is 31.1 Å². The molecule has 6 nitrogen and oxygen atoms in total. The molecule has 2 atom stereocenters. The fourth-order valence-electron chi connectivity index (χ4n) is 3.13. The largest absolute Gasteiger partial charge is 0.435 e. The van der Waals surface area contributed by atoms with Crippen molar-refractivity contribution in [2.75, 3.05) is 6.54 Å². The van der Waals surface area contributed by atoms with Crippen LogP contribution in [0.1, 0.15) is 35.0 Å². The minimum absolute atomic E-state index is 0.0147. The normalized spacial score (nSPS) is 19.4. The average molecular weight is 529 g/mol. The number of benzene rings is 1. The Balaban J connectivity index is 1.74. The minimum Gasteiger partial charge on any atom is -0.374 e. The first-order chi connectivity index (χ1) is 15.7. The maximum absolute atomic E-state index is 14.1.